The van der Waals surface area contributed by atoms with Crippen LogP contribution in [0.15, 0.2) is 24.3 Å². The van der Waals surface area contributed by atoms with Crippen LogP contribution in [-0.2, 0) is 4.79 Å². The fourth-order valence-electron chi connectivity index (χ4n) is 2.72. The predicted molar refractivity (Wildman–Crippen MR) is 90.9 cm³/mol. The van der Waals surface area contributed by atoms with Crippen LogP contribution < -0.4 is 20.1 Å². The lowest BCUT2D eigenvalue weighted by Gasteiger charge is -2.12. The second-order valence-electron chi connectivity index (χ2n) is 5.83. The van der Waals surface area contributed by atoms with Crippen molar-refractivity contribution in [3.05, 3.63) is 24.3 Å². The summed E-state index contributed by atoms with van der Waals surface area (Å²) in [5.41, 5.74) is 0. The quantitative estimate of drug-likeness (QED) is 0.650. The summed E-state index contributed by atoms with van der Waals surface area (Å²) < 4.78 is 11.2. The number of hydrogen-bond acceptors (Lipinski definition) is 4. The van der Waals surface area contributed by atoms with E-state index in [4.69, 9.17) is 9.47 Å². The van der Waals surface area contributed by atoms with Crippen molar-refractivity contribution in [2.24, 2.45) is 5.92 Å². The number of benzene rings is 1. The van der Waals surface area contributed by atoms with E-state index in [0.29, 0.717) is 32.0 Å². The maximum atomic E-state index is 11.8. The molecule has 1 heterocycles. The molecule has 23 heavy (non-hydrogen) atoms. The first-order valence-electron chi connectivity index (χ1n) is 8.61. The minimum absolute atomic E-state index is 0.109. The predicted octanol–water partition coefficient (Wildman–Crippen LogP) is 2.36. The van der Waals surface area contributed by atoms with E-state index in [1.807, 2.05) is 31.2 Å². The van der Waals surface area contributed by atoms with Crippen molar-refractivity contribution in [1.29, 1.82) is 0 Å². The zero-order valence-corrected chi connectivity index (χ0v) is 14.0. The molecule has 1 aromatic rings. The minimum atomic E-state index is 0.109. The normalized spacial score (nSPS) is 17.0. The Kier molecular flexibility index (Phi) is 7.73. The Hall–Kier alpha value is -1.75. The minimum Gasteiger partial charge on any atom is -0.490 e. The smallest absolute Gasteiger partial charge is 0.220 e. The van der Waals surface area contributed by atoms with E-state index < -0.39 is 0 Å². The van der Waals surface area contributed by atoms with Crippen molar-refractivity contribution >= 4 is 5.91 Å². The first-order chi connectivity index (χ1) is 11.3. The average molecular weight is 320 g/mol. The molecular formula is C18H28N2O3. The van der Waals surface area contributed by atoms with Gasteiger partial charge in [0.2, 0.25) is 5.91 Å². The van der Waals surface area contributed by atoms with Gasteiger partial charge in [0.25, 0.3) is 0 Å². The zero-order chi connectivity index (χ0) is 16.3. The van der Waals surface area contributed by atoms with Crippen molar-refractivity contribution in [2.75, 3.05) is 32.8 Å². The molecule has 5 heteroatoms. The van der Waals surface area contributed by atoms with Crippen LogP contribution in [0.4, 0.5) is 0 Å². The monoisotopic (exact) mass is 320 g/mol. The largest absolute Gasteiger partial charge is 0.490 e. The maximum Gasteiger partial charge on any atom is 0.220 e. The number of ether oxygens (including phenoxy) is 2. The fourth-order valence-corrected chi connectivity index (χ4v) is 2.72. The Balaban J connectivity index is 1.56. The number of hydrogen-bond donors (Lipinski definition) is 2. The first-order valence-corrected chi connectivity index (χ1v) is 8.61. The third kappa shape index (κ3) is 6.48. The summed E-state index contributed by atoms with van der Waals surface area (Å²) in [5.74, 6) is 2.32. The van der Waals surface area contributed by atoms with E-state index in [1.54, 1.807) is 0 Å². The van der Waals surface area contributed by atoms with Gasteiger partial charge in [0, 0.05) is 13.0 Å². The highest BCUT2D eigenvalue weighted by atomic mass is 16.5. The van der Waals surface area contributed by atoms with Crippen LogP contribution in [0.3, 0.4) is 0 Å². The molecule has 0 radical (unpaired) electrons. The van der Waals surface area contributed by atoms with Gasteiger partial charge < -0.3 is 20.1 Å². The van der Waals surface area contributed by atoms with Gasteiger partial charge in [-0.1, -0.05) is 12.1 Å². The number of amides is 1. The van der Waals surface area contributed by atoms with Crippen LogP contribution >= 0.6 is 0 Å². The topological polar surface area (TPSA) is 59.6 Å². The van der Waals surface area contributed by atoms with Crippen LogP contribution in [0.5, 0.6) is 11.5 Å². The lowest BCUT2D eigenvalue weighted by molar-refractivity contribution is -0.121. The van der Waals surface area contributed by atoms with E-state index >= 15 is 0 Å². The zero-order valence-electron chi connectivity index (χ0n) is 14.0. The molecule has 128 valence electrons. The summed E-state index contributed by atoms with van der Waals surface area (Å²) in [5, 5.41) is 6.33. The molecule has 1 fully saturated rings. The lowest BCUT2D eigenvalue weighted by atomic mass is 10.1. The van der Waals surface area contributed by atoms with Crippen LogP contribution in [0.1, 0.15) is 32.6 Å². The van der Waals surface area contributed by atoms with E-state index in [2.05, 4.69) is 10.6 Å². The Labute approximate surface area is 138 Å². The van der Waals surface area contributed by atoms with Gasteiger partial charge >= 0.3 is 0 Å². The highest BCUT2D eigenvalue weighted by molar-refractivity contribution is 5.75. The van der Waals surface area contributed by atoms with Gasteiger partial charge in [-0.25, -0.2) is 0 Å². The maximum absolute atomic E-state index is 11.8. The van der Waals surface area contributed by atoms with Crippen molar-refractivity contribution in [3.63, 3.8) is 0 Å². The van der Waals surface area contributed by atoms with Gasteiger partial charge in [0.1, 0.15) is 0 Å². The highest BCUT2D eigenvalue weighted by Gasteiger charge is 2.14. The number of carbonyl (C=O) groups excluding carboxylic acids is 1. The molecule has 0 aliphatic carbocycles. The van der Waals surface area contributed by atoms with E-state index in [9.17, 15) is 4.79 Å². The van der Waals surface area contributed by atoms with E-state index in [0.717, 1.165) is 37.6 Å². The molecule has 0 saturated carbocycles. The molecule has 5 nitrogen and oxygen atoms in total. The van der Waals surface area contributed by atoms with E-state index in [-0.39, 0.29) is 5.91 Å². The average Bonchev–Trinajstić information content (AvgIpc) is 3.07. The van der Waals surface area contributed by atoms with Crippen LogP contribution in [0.25, 0.3) is 0 Å². The Bertz CT molecular complexity index is 473. The molecule has 1 aliphatic rings. The SMILES string of the molecule is CCOc1ccccc1OCCCC(=O)NCCC1CCNC1. The summed E-state index contributed by atoms with van der Waals surface area (Å²) in [6.45, 7) is 6.05. The molecule has 1 unspecified atom stereocenters. The molecule has 1 aromatic carbocycles. The number of para-hydroxylation sites is 2. The van der Waals surface area contributed by atoms with Crippen molar-refractivity contribution < 1.29 is 14.3 Å². The van der Waals surface area contributed by atoms with Gasteiger partial charge in [-0.2, -0.15) is 0 Å². The standard InChI is InChI=1S/C18H28N2O3/c1-2-22-16-6-3-4-7-17(16)23-13-5-8-18(21)20-12-10-15-9-11-19-14-15/h3-4,6-7,15,19H,2,5,8-14H2,1H3,(H,20,21). The van der Waals surface area contributed by atoms with Gasteiger partial charge in [-0.3, -0.25) is 4.79 Å². The summed E-state index contributed by atoms with van der Waals surface area (Å²) >= 11 is 0. The molecule has 1 saturated heterocycles. The number of rotatable bonds is 10. The van der Waals surface area contributed by atoms with Gasteiger partial charge in [-0.15, -0.1) is 0 Å². The van der Waals surface area contributed by atoms with Crippen molar-refractivity contribution in [3.8, 4) is 11.5 Å². The summed E-state index contributed by atoms with van der Waals surface area (Å²) in [6, 6.07) is 7.62. The molecule has 2 rings (SSSR count). The second kappa shape index (κ2) is 10.1. The Morgan fingerprint density at radius 1 is 1.30 bits per heavy atom. The van der Waals surface area contributed by atoms with Gasteiger partial charge in [0.15, 0.2) is 11.5 Å². The Morgan fingerprint density at radius 2 is 2.09 bits per heavy atom. The molecule has 0 spiro atoms. The van der Waals surface area contributed by atoms with Crippen LogP contribution in [-0.4, -0.2) is 38.8 Å². The third-order valence-corrected chi connectivity index (χ3v) is 3.99. The third-order valence-electron chi connectivity index (χ3n) is 3.99. The molecule has 0 bridgehead atoms. The first kappa shape index (κ1) is 17.6. The van der Waals surface area contributed by atoms with Gasteiger partial charge in [0.05, 0.1) is 13.2 Å². The second-order valence-corrected chi connectivity index (χ2v) is 5.83. The molecule has 1 amide bonds. The molecule has 2 N–H and O–H groups in total. The summed E-state index contributed by atoms with van der Waals surface area (Å²) in [7, 11) is 0. The molecule has 0 aromatic heterocycles. The fraction of sp³-hybridized carbons (Fsp3) is 0.611. The van der Waals surface area contributed by atoms with Gasteiger partial charge in [-0.05, 0) is 57.3 Å². The summed E-state index contributed by atoms with van der Waals surface area (Å²) in [4.78, 5) is 11.8. The lowest BCUT2D eigenvalue weighted by Crippen LogP contribution is -2.26. The molecular weight excluding hydrogens is 292 g/mol. The van der Waals surface area contributed by atoms with Crippen molar-refractivity contribution in [1.82, 2.24) is 10.6 Å². The highest BCUT2D eigenvalue weighted by Crippen LogP contribution is 2.26. The number of nitrogens with one attached hydrogen (secondary N) is 2. The van der Waals surface area contributed by atoms with Crippen molar-refractivity contribution in [2.45, 2.75) is 32.6 Å². The van der Waals surface area contributed by atoms with E-state index in [1.165, 1.54) is 6.42 Å². The van der Waals surface area contributed by atoms with Crippen LogP contribution in [0, 0.1) is 5.92 Å². The molecule has 1 aliphatic heterocycles. The number of carbonyl (C=O) groups is 1. The molecule has 1 atom stereocenters. The Morgan fingerprint density at radius 3 is 2.78 bits per heavy atom. The summed E-state index contributed by atoms with van der Waals surface area (Å²) in [6.07, 6.45) is 3.50. The van der Waals surface area contributed by atoms with Crippen LogP contribution in [0.2, 0.25) is 0 Å².